The summed E-state index contributed by atoms with van der Waals surface area (Å²) in [6.07, 6.45) is 2.00. The summed E-state index contributed by atoms with van der Waals surface area (Å²) >= 11 is 0. The number of benzene rings is 2. The summed E-state index contributed by atoms with van der Waals surface area (Å²) in [5.74, 6) is -0.574. The number of hydrogen-bond donors (Lipinski definition) is 1. The number of nitrogens with one attached hydrogen (secondary N) is 1. The van der Waals surface area contributed by atoms with Crippen molar-refractivity contribution in [3.05, 3.63) is 54.3 Å². The molecule has 3 rings (SSSR count). The quantitative estimate of drug-likeness (QED) is 0.838. The molecule has 0 aromatic heterocycles. The van der Waals surface area contributed by atoms with Crippen LogP contribution in [0, 0.1) is 5.82 Å². The molecule has 6 nitrogen and oxygen atoms in total. The topological polar surface area (TPSA) is 75.7 Å². The average Bonchev–Trinajstić information content (AvgIpc) is 3.14. The predicted molar refractivity (Wildman–Crippen MR) is 95.0 cm³/mol. The number of likely N-dealkylation sites (tertiary alicyclic amines) is 1. The van der Waals surface area contributed by atoms with Crippen LogP contribution in [0.2, 0.25) is 0 Å². The Balaban J connectivity index is 1.67. The number of amides is 1. The first-order valence-corrected chi connectivity index (χ1v) is 9.72. The zero-order valence-corrected chi connectivity index (χ0v) is 14.8. The molecule has 138 valence electrons. The van der Waals surface area contributed by atoms with E-state index < -0.39 is 20.7 Å². The van der Waals surface area contributed by atoms with Gasteiger partial charge in [0, 0.05) is 19.2 Å². The van der Waals surface area contributed by atoms with Crippen molar-refractivity contribution in [2.75, 3.05) is 24.4 Å². The number of anilines is 1. The van der Waals surface area contributed by atoms with Gasteiger partial charge < -0.3 is 9.64 Å². The molecule has 1 fully saturated rings. The van der Waals surface area contributed by atoms with E-state index in [2.05, 4.69) is 4.72 Å². The summed E-state index contributed by atoms with van der Waals surface area (Å²) in [4.78, 5) is 13.3. The third-order valence-corrected chi connectivity index (χ3v) is 5.45. The number of halogens is 1. The van der Waals surface area contributed by atoms with Crippen molar-refractivity contribution in [2.24, 2.45) is 0 Å². The summed E-state index contributed by atoms with van der Waals surface area (Å²) in [6.45, 7) is 1.37. The molecule has 2 aromatic carbocycles. The van der Waals surface area contributed by atoms with Crippen molar-refractivity contribution in [1.29, 1.82) is 0 Å². The first kappa shape index (κ1) is 18.2. The minimum absolute atomic E-state index is 0.0974. The number of carbonyl (C=O) groups excluding carboxylic acids is 1. The van der Waals surface area contributed by atoms with Crippen LogP contribution >= 0.6 is 0 Å². The monoisotopic (exact) mass is 378 g/mol. The number of nitrogens with zero attached hydrogens (tertiary/aromatic N) is 1. The first-order valence-electron chi connectivity index (χ1n) is 8.24. The van der Waals surface area contributed by atoms with E-state index in [1.54, 1.807) is 17.0 Å². The largest absolute Gasteiger partial charge is 0.484 e. The van der Waals surface area contributed by atoms with E-state index in [1.165, 1.54) is 30.3 Å². The minimum atomic E-state index is -4.06. The van der Waals surface area contributed by atoms with Crippen molar-refractivity contribution in [3.8, 4) is 5.75 Å². The van der Waals surface area contributed by atoms with E-state index in [1.807, 2.05) is 0 Å². The molecule has 0 bridgehead atoms. The van der Waals surface area contributed by atoms with Crippen LogP contribution in [0.25, 0.3) is 0 Å². The van der Waals surface area contributed by atoms with Gasteiger partial charge >= 0.3 is 0 Å². The molecule has 0 saturated carbocycles. The van der Waals surface area contributed by atoms with Gasteiger partial charge in [-0.2, -0.15) is 0 Å². The summed E-state index contributed by atoms with van der Waals surface area (Å²) in [6, 6.07) is 11.3. The highest BCUT2D eigenvalue weighted by atomic mass is 32.2. The van der Waals surface area contributed by atoms with Crippen molar-refractivity contribution < 1.29 is 22.3 Å². The van der Waals surface area contributed by atoms with E-state index >= 15 is 0 Å². The van der Waals surface area contributed by atoms with Gasteiger partial charge in [-0.1, -0.05) is 18.2 Å². The predicted octanol–water partition coefficient (Wildman–Crippen LogP) is 2.63. The third-order valence-electron chi connectivity index (χ3n) is 4.03. The minimum Gasteiger partial charge on any atom is -0.484 e. The van der Waals surface area contributed by atoms with Crippen LogP contribution < -0.4 is 9.46 Å². The second-order valence-corrected chi connectivity index (χ2v) is 7.59. The third kappa shape index (κ3) is 4.32. The lowest BCUT2D eigenvalue weighted by Crippen LogP contribution is -2.32. The van der Waals surface area contributed by atoms with Gasteiger partial charge in [0.1, 0.15) is 16.5 Å². The molecule has 1 aliphatic rings. The standard InChI is InChI=1S/C18H19FN2O4S/c19-16-8-1-2-9-17(16)26(23,24)20-14-6-5-7-15(12-14)25-13-18(22)21-10-3-4-11-21/h1-2,5-9,12,20H,3-4,10-11,13H2. The molecule has 0 atom stereocenters. The highest BCUT2D eigenvalue weighted by molar-refractivity contribution is 7.92. The van der Waals surface area contributed by atoms with E-state index in [0.717, 1.165) is 32.0 Å². The Morgan fingerprint density at radius 1 is 1.12 bits per heavy atom. The fraction of sp³-hybridized carbons (Fsp3) is 0.278. The normalized spacial score (nSPS) is 14.3. The summed E-state index contributed by atoms with van der Waals surface area (Å²) in [5, 5.41) is 0. The second-order valence-electron chi connectivity index (χ2n) is 5.94. The first-order chi connectivity index (χ1) is 12.5. The van der Waals surface area contributed by atoms with Gasteiger partial charge in [0.05, 0.1) is 5.69 Å². The van der Waals surface area contributed by atoms with Crippen molar-refractivity contribution in [1.82, 2.24) is 4.90 Å². The number of hydrogen-bond acceptors (Lipinski definition) is 4. The Hall–Kier alpha value is -2.61. The number of carbonyl (C=O) groups is 1. The molecule has 0 spiro atoms. The van der Waals surface area contributed by atoms with Crippen LogP contribution in [0.4, 0.5) is 10.1 Å². The summed E-state index contributed by atoms with van der Waals surface area (Å²) in [7, 11) is -4.06. The van der Waals surface area contributed by atoms with Crippen LogP contribution in [0.15, 0.2) is 53.4 Å². The molecule has 0 radical (unpaired) electrons. The lowest BCUT2D eigenvalue weighted by atomic mass is 10.3. The molecular weight excluding hydrogens is 359 g/mol. The molecule has 0 unspecified atom stereocenters. The zero-order chi connectivity index (χ0) is 18.6. The Morgan fingerprint density at radius 3 is 2.58 bits per heavy atom. The molecule has 2 aromatic rings. The molecule has 26 heavy (non-hydrogen) atoms. The maximum Gasteiger partial charge on any atom is 0.264 e. The van der Waals surface area contributed by atoms with E-state index in [9.17, 15) is 17.6 Å². The van der Waals surface area contributed by atoms with Crippen molar-refractivity contribution in [3.63, 3.8) is 0 Å². The highest BCUT2D eigenvalue weighted by Crippen LogP contribution is 2.22. The molecular formula is C18H19FN2O4S. The Bertz CT molecular complexity index is 896. The van der Waals surface area contributed by atoms with Gasteiger partial charge in [-0.05, 0) is 37.1 Å². The summed E-state index contributed by atoms with van der Waals surface area (Å²) < 4.78 is 46.2. The van der Waals surface area contributed by atoms with Gasteiger partial charge in [-0.15, -0.1) is 0 Å². The van der Waals surface area contributed by atoms with Crippen LogP contribution in [-0.2, 0) is 14.8 Å². The Labute approximate surface area is 151 Å². The lowest BCUT2D eigenvalue weighted by molar-refractivity contribution is -0.132. The van der Waals surface area contributed by atoms with Gasteiger partial charge in [0.25, 0.3) is 15.9 Å². The van der Waals surface area contributed by atoms with Crippen molar-refractivity contribution in [2.45, 2.75) is 17.7 Å². The maximum atomic E-state index is 13.7. The van der Waals surface area contributed by atoms with Crippen LogP contribution in [0.5, 0.6) is 5.75 Å². The van der Waals surface area contributed by atoms with Gasteiger partial charge in [0.2, 0.25) is 0 Å². The van der Waals surface area contributed by atoms with Crippen molar-refractivity contribution >= 4 is 21.6 Å². The van der Waals surface area contributed by atoms with Crippen LogP contribution in [0.3, 0.4) is 0 Å². The SMILES string of the molecule is O=C(COc1cccc(NS(=O)(=O)c2ccccc2F)c1)N1CCCC1. The maximum absolute atomic E-state index is 13.7. The number of rotatable bonds is 6. The lowest BCUT2D eigenvalue weighted by Gasteiger charge is -2.16. The van der Waals surface area contributed by atoms with Gasteiger partial charge in [-0.25, -0.2) is 12.8 Å². The summed E-state index contributed by atoms with van der Waals surface area (Å²) in [5.41, 5.74) is 0.222. The van der Waals surface area contributed by atoms with Crippen LogP contribution in [0.1, 0.15) is 12.8 Å². The number of sulfonamides is 1. The molecule has 1 amide bonds. The molecule has 1 N–H and O–H groups in total. The fourth-order valence-corrected chi connectivity index (χ4v) is 3.85. The fourth-order valence-electron chi connectivity index (χ4n) is 2.73. The number of ether oxygens (including phenoxy) is 1. The van der Waals surface area contributed by atoms with Gasteiger partial charge in [0.15, 0.2) is 6.61 Å². The van der Waals surface area contributed by atoms with Gasteiger partial charge in [-0.3, -0.25) is 9.52 Å². The molecule has 1 heterocycles. The smallest absolute Gasteiger partial charge is 0.264 e. The van der Waals surface area contributed by atoms with E-state index in [-0.39, 0.29) is 18.2 Å². The molecule has 1 saturated heterocycles. The second kappa shape index (κ2) is 7.74. The average molecular weight is 378 g/mol. The van der Waals surface area contributed by atoms with E-state index in [4.69, 9.17) is 4.74 Å². The Morgan fingerprint density at radius 2 is 1.85 bits per heavy atom. The molecule has 0 aliphatic carbocycles. The molecule has 1 aliphatic heterocycles. The highest BCUT2D eigenvalue weighted by Gasteiger charge is 2.20. The van der Waals surface area contributed by atoms with Crippen LogP contribution in [-0.4, -0.2) is 38.9 Å². The Kier molecular flexibility index (Phi) is 5.41. The molecule has 8 heteroatoms. The van der Waals surface area contributed by atoms with E-state index in [0.29, 0.717) is 5.75 Å². The zero-order valence-electron chi connectivity index (χ0n) is 14.0.